The molecule has 0 bridgehead atoms. The molecule has 1 saturated carbocycles. The fourth-order valence-electron chi connectivity index (χ4n) is 3.43. The second kappa shape index (κ2) is 6.78. The molecule has 0 saturated heterocycles. The minimum Gasteiger partial charge on any atom is -0.454 e. The first-order valence-electron chi connectivity index (χ1n) is 8.90. The van der Waals surface area contributed by atoms with Crippen molar-refractivity contribution < 1.29 is 9.21 Å². The maximum absolute atomic E-state index is 11.6. The summed E-state index contributed by atoms with van der Waals surface area (Å²) in [5.74, 6) is 2.77. The van der Waals surface area contributed by atoms with Crippen molar-refractivity contribution in [3.05, 3.63) is 35.7 Å². The molecule has 8 heteroatoms. The van der Waals surface area contributed by atoms with E-state index in [1.165, 1.54) is 12.8 Å². The molecule has 3 aromatic heterocycles. The lowest BCUT2D eigenvalue weighted by Crippen LogP contribution is -2.16. The van der Waals surface area contributed by atoms with Crippen molar-refractivity contribution in [2.24, 2.45) is 7.05 Å². The van der Waals surface area contributed by atoms with Crippen LogP contribution in [0.2, 0.25) is 0 Å². The Morgan fingerprint density at radius 2 is 2.12 bits per heavy atom. The van der Waals surface area contributed by atoms with Crippen molar-refractivity contribution in [2.45, 2.75) is 38.1 Å². The van der Waals surface area contributed by atoms with Gasteiger partial charge in [-0.1, -0.05) is 12.8 Å². The van der Waals surface area contributed by atoms with Gasteiger partial charge >= 0.3 is 0 Å². The predicted octanol–water partition coefficient (Wildman–Crippen LogP) is 2.59. The Hall–Kier alpha value is -2.90. The summed E-state index contributed by atoms with van der Waals surface area (Å²) in [6.07, 6.45) is 6.50. The van der Waals surface area contributed by atoms with Crippen LogP contribution in [0.15, 0.2) is 22.7 Å². The molecule has 1 aliphatic rings. The first-order chi connectivity index (χ1) is 12.7. The molecule has 0 unspecified atom stereocenters. The highest BCUT2D eigenvalue weighted by atomic mass is 16.4. The molecule has 0 atom stereocenters. The summed E-state index contributed by atoms with van der Waals surface area (Å²) in [6, 6.07) is 3.45. The van der Waals surface area contributed by atoms with Gasteiger partial charge in [0.1, 0.15) is 17.4 Å². The number of hydrogen-bond acceptors (Lipinski definition) is 6. The Bertz CT molecular complexity index is 938. The summed E-state index contributed by atoms with van der Waals surface area (Å²) in [6.45, 7) is 0.433. The third kappa shape index (κ3) is 3.02. The number of nitrogens with one attached hydrogen (secondary N) is 2. The predicted molar refractivity (Wildman–Crippen MR) is 96.9 cm³/mol. The topological polar surface area (TPSA) is 97.9 Å². The molecule has 3 heterocycles. The third-order valence-corrected chi connectivity index (χ3v) is 4.87. The summed E-state index contributed by atoms with van der Waals surface area (Å²) in [5, 5.41) is 11.1. The van der Waals surface area contributed by atoms with Gasteiger partial charge in [-0.3, -0.25) is 9.48 Å². The lowest BCUT2D eigenvalue weighted by atomic mass is 10.1. The Morgan fingerprint density at radius 3 is 2.88 bits per heavy atom. The molecule has 1 aliphatic carbocycles. The number of carbonyl (C=O) groups is 1. The maximum Gasteiger partial charge on any atom is 0.286 e. The fraction of sp³-hybridized carbons (Fsp3) is 0.444. The normalized spacial score (nSPS) is 14.8. The van der Waals surface area contributed by atoms with Crippen LogP contribution in [0.3, 0.4) is 0 Å². The molecular formula is C18H22N6O2. The number of carbonyl (C=O) groups excluding carboxylic acids is 1. The summed E-state index contributed by atoms with van der Waals surface area (Å²) >= 11 is 0. The zero-order valence-corrected chi connectivity index (χ0v) is 15.0. The third-order valence-electron chi connectivity index (χ3n) is 4.87. The highest BCUT2D eigenvalue weighted by molar-refractivity contribution is 5.91. The van der Waals surface area contributed by atoms with Gasteiger partial charge in [0.2, 0.25) is 0 Å². The minimum atomic E-state index is -0.239. The van der Waals surface area contributed by atoms with E-state index in [-0.39, 0.29) is 5.91 Å². The summed E-state index contributed by atoms with van der Waals surface area (Å²) in [7, 11) is 3.47. The number of fused-ring (bicyclic) bond motifs is 1. The van der Waals surface area contributed by atoms with Crippen LogP contribution in [0, 0.1) is 0 Å². The number of furan rings is 1. The molecule has 0 spiro atoms. The van der Waals surface area contributed by atoms with Crippen LogP contribution in [0.1, 0.15) is 53.7 Å². The number of nitrogens with zero attached hydrogens (tertiary/aromatic N) is 4. The van der Waals surface area contributed by atoms with E-state index in [9.17, 15) is 4.79 Å². The van der Waals surface area contributed by atoms with E-state index in [4.69, 9.17) is 14.4 Å². The average Bonchev–Trinajstić information content (AvgIpc) is 3.40. The smallest absolute Gasteiger partial charge is 0.286 e. The van der Waals surface area contributed by atoms with E-state index in [1.54, 1.807) is 30.1 Å². The zero-order valence-electron chi connectivity index (χ0n) is 15.0. The lowest BCUT2D eigenvalue weighted by Gasteiger charge is -2.11. The first kappa shape index (κ1) is 16.6. The summed E-state index contributed by atoms with van der Waals surface area (Å²) in [4.78, 5) is 21.1. The molecule has 8 nitrogen and oxygen atoms in total. The maximum atomic E-state index is 11.6. The van der Waals surface area contributed by atoms with Gasteiger partial charge in [-0.25, -0.2) is 9.97 Å². The highest BCUT2D eigenvalue weighted by Gasteiger charge is 2.22. The van der Waals surface area contributed by atoms with E-state index < -0.39 is 0 Å². The van der Waals surface area contributed by atoms with Crippen molar-refractivity contribution in [3.63, 3.8) is 0 Å². The summed E-state index contributed by atoms with van der Waals surface area (Å²) in [5.41, 5.74) is 0.829. The standard InChI is InChI=1S/C18H22N6O2/c1-19-18(25)14-8-7-12(26-14)9-20-16-13-10-21-24(2)17(13)23-15(22-16)11-5-3-4-6-11/h7-8,10-11H,3-6,9H2,1-2H3,(H,19,25)(H,20,22,23). The molecular weight excluding hydrogens is 332 g/mol. The van der Waals surface area contributed by atoms with Crippen LogP contribution < -0.4 is 10.6 Å². The van der Waals surface area contributed by atoms with Gasteiger partial charge in [0.05, 0.1) is 18.1 Å². The SMILES string of the molecule is CNC(=O)c1ccc(CNc2nc(C3CCCC3)nc3c2cnn3C)o1. The second-order valence-corrected chi connectivity index (χ2v) is 6.62. The van der Waals surface area contributed by atoms with Crippen LogP contribution in [0.5, 0.6) is 0 Å². The zero-order chi connectivity index (χ0) is 18.1. The highest BCUT2D eigenvalue weighted by Crippen LogP contribution is 2.34. The number of aromatic nitrogens is 4. The van der Waals surface area contributed by atoms with Crippen LogP contribution in [-0.4, -0.2) is 32.7 Å². The number of hydrogen-bond donors (Lipinski definition) is 2. The van der Waals surface area contributed by atoms with Gasteiger partial charge in [-0.05, 0) is 25.0 Å². The number of anilines is 1. The molecule has 1 fully saturated rings. The molecule has 136 valence electrons. The van der Waals surface area contributed by atoms with Gasteiger partial charge in [0, 0.05) is 20.0 Å². The molecule has 0 radical (unpaired) electrons. The Balaban J connectivity index is 1.60. The van der Waals surface area contributed by atoms with Crippen molar-refractivity contribution in [1.29, 1.82) is 0 Å². The van der Waals surface area contributed by atoms with Crippen LogP contribution in [0.25, 0.3) is 11.0 Å². The number of rotatable bonds is 5. The fourth-order valence-corrected chi connectivity index (χ4v) is 3.43. The quantitative estimate of drug-likeness (QED) is 0.731. The van der Waals surface area contributed by atoms with E-state index in [2.05, 4.69) is 15.7 Å². The summed E-state index contributed by atoms with van der Waals surface area (Å²) < 4.78 is 7.34. The molecule has 0 aromatic carbocycles. The first-order valence-corrected chi connectivity index (χ1v) is 8.90. The van der Waals surface area contributed by atoms with Crippen LogP contribution in [-0.2, 0) is 13.6 Å². The van der Waals surface area contributed by atoms with Crippen LogP contribution >= 0.6 is 0 Å². The van der Waals surface area contributed by atoms with Gasteiger partial charge in [-0.2, -0.15) is 5.10 Å². The van der Waals surface area contributed by atoms with Crippen molar-refractivity contribution in [2.75, 3.05) is 12.4 Å². The largest absolute Gasteiger partial charge is 0.454 e. The van der Waals surface area contributed by atoms with Gasteiger partial charge in [-0.15, -0.1) is 0 Å². The Morgan fingerprint density at radius 1 is 1.31 bits per heavy atom. The van der Waals surface area contributed by atoms with Crippen molar-refractivity contribution >= 4 is 22.8 Å². The minimum absolute atomic E-state index is 0.239. The lowest BCUT2D eigenvalue weighted by molar-refractivity contribution is 0.0934. The molecule has 2 N–H and O–H groups in total. The number of aryl methyl sites for hydroxylation is 1. The van der Waals surface area contributed by atoms with E-state index in [0.29, 0.717) is 24.0 Å². The van der Waals surface area contributed by atoms with Crippen molar-refractivity contribution in [1.82, 2.24) is 25.1 Å². The van der Waals surface area contributed by atoms with Crippen molar-refractivity contribution in [3.8, 4) is 0 Å². The van der Waals surface area contributed by atoms with Gasteiger partial charge in [0.25, 0.3) is 5.91 Å². The number of amides is 1. The molecule has 0 aliphatic heterocycles. The van der Waals surface area contributed by atoms with E-state index >= 15 is 0 Å². The second-order valence-electron chi connectivity index (χ2n) is 6.62. The molecule has 1 amide bonds. The van der Waals surface area contributed by atoms with Gasteiger partial charge in [0.15, 0.2) is 11.4 Å². The van der Waals surface area contributed by atoms with Crippen LogP contribution in [0.4, 0.5) is 5.82 Å². The molecule has 3 aromatic rings. The monoisotopic (exact) mass is 354 g/mol. The average molecular weight is 354 g/mol. The Labute approximate surface area is 151 Å². The van der Waals surface area contributed by atoms with Gasteiger partial charge < -0.3 is 15.1 Å². The molecule has 26 heavy (non-hydrogen) atoms. The van der Waals surface area contributed by atoms with E-state index in [0.717, 1.165) is 35.5 Å². The van der Waals surface area contributed by atoms with E-state index in [1.807, 2.05) is 7.05 Å². The Kier molecular flexibility index (Phi) is 4.32. The molecule has 4 rings (SSSR count).